The maximum absolute atomic E-state index is 5.11. The van der Waals surface area contributed by atoms with Gasteiger partial charge in [0.2, 0.25) is 0 Å². The van der Waals surface area contributed by atoms with Gasteiger partial charge in [-0.25, -0.2) is 0 Å². The summed E-state index contributed by atoms with van der Waals surface area (Å²) < 4.78 is 15.1. The maximum atomic E-state index is 5.11. The average molecular weight is 116 g/mol. The van der Waals surface area contributed by atoms with Crippen LogP contribution in [-0.4, -0.2) is 32.2 Å². The fourth-order valence-electron chi connectivity index (χ4n) is 0.860. The maximum Gasteiger partial charge on any atom is 0.146 e. The molecule has 0 saturated carbocycles. The molecule has 0 aromatic rings. The molecule has 2 atom stereocenters. The van der Waals surface area contributed by atoms with Crippen molar-refractivity contribution in [2.75, 3.05) is 20.0 Å². The summed E-state index contributed by atoms with van der Waals surface area (Å²) >= 11 is 0. The van der Waals surface area contributed by atoms with E-state index in [2.05, 4.69) is 0 Å². The SMILES string of the molecule is C1OCC2OC2CO1. The smallest absolute Gasteiger partial charge is 0.146 e. The van der Waals surface area contributed by atoms with Crippen LogP contribution >= 0.6 is 0 Å². The van der Waals surface area contributed by atoms with Crippen LogP contribution in [-0.2, 0) is 14.2 Å². The number of epoxide rings is 1. The zero-order chi connectivity index (χ0) is 5.40. The van der Waals surface area contributed by atoms with E-state index in [1.165, 1.54) is 0 Å². The highest BCUT2D eigenvalue weighted by atomic mass is 16.7. The number of rotatable bonds is 0. The molecule has 46 valence electrons. The van der Waals surface area contributed by atoms with Crippen molar-refractivity contribution >= 4 is 0 Å². The predicted octanol–water partition coefficient (Wildman–Crippen LogP) is -0.242. The quantitative estimate of drug-likeness (QED) is 0.409. The molecule has 0 aromatic carbocycles. The molecule has 0 N–H and O–H groups in total. The number of hydrogen-bond donors (Lipinski definition) is 0. The standard InChI is InChI=1S/C5H8O3/c1-4-5(8-4)2-7-3-6-1/h4-5H,1-3H2. The molecule has 2 aliphatic rings. The van der Waals surface area contributed by atoms with E-state index in [0.29, 0.717) is 32.2 Å². The minimum Gasteiger partial charge on any atom is -0.365 e. The van der Waals surface area contributed by atoms with Crippen molar-refractivity contribution in [3.05, 3.63) is 0 Å². The van der Waals surface area contributed by atoms with Crippen molar-refractivity contribution in [3.8, 4) is 0 Å². The Morgan fingerprint density at radius 2 is 1.62 bits per heavy atom. The Hall–Kier alpha value is -0.120. The van der Waals surface area contributed by atoms with Crippen LogP contribution in [0.2, 0.25) is 0 Å². The molecule has 0 amide bonds. The van der Waals surface area contributed by atoms with Gasteiger partial charge in [-0.1, -0.05) is 0 Å². The van der Waals surface area contributed by atoms with Crippen molar-refractivity contribution < 1.29 is 14.2 Å². The van der Waals surface area contributed by atoms with E-state index in [4.69, 9.17) is 14.2 Å². The van der Waals surface area contributed by atoms with E-state index in [9.17, 15) is 0 Å². The van der Waals surface area contributed by atoms with Gasteiger partial charge < -0.3 is 14.2 Å². The topological polar surface area (TPSA) is 31.0 Å². The van der Waals surface area contributed by atoms with E-state index < -0.39 is 0 Å². The summed E-state index contributed by atoms with van der Waals surface area (Å²) in [6, 6.07) is 0. The Labute approximate surface area is 47.5 Å². The first kappa shape index (κ1) is 4.73. The van der Waals surface area contributed by atoms with Gasteiger partial charge in [0.05, 0.1) is 13.2 Å². The second kappa shape index (κ2) is 1.69. The molecule has 2 unspecified atom stereocenters. The second-order valence-electron chi connectivity index (χ2n) is 2.07. The molecule has 2 rings (SSSR count). The molecule has 2 fully saturated rings. The van der Waals surface area contributed by atoms with E-state index in [1.807, 2.05) is 0 Å². The summed E-state index contributed by atoms with van der Waals surface area (Å²) in [4.78, 5) is 0. The second-order valence-corrected chi connectivity index (χ2v) is 2.07. The zero-order valence-corrected chi connectivity index (χ0v) is 4.50. The molecule has 0 aromatic heterocycles. The third-order valence-corrected chi connectivity index (χ3v) is 1.42. The summed E-state index contributed by atoms with van der Waals surface area (Å²) in [6.45, 7) is 1.87. The molecule has 2 saturated heterocycles. The molecule has 0 spiro atoms. The number of fused-ring (bicyclic) bond motifs is 1. The van der Waals surface area contributed by atoms with Crippen LogP contribution in [0.15, 0.2) is 0 Å². The Kier molecular flexibility index (Phi) is 0.997. The molecule has 3 nitrogen and oxygen atoms in total. The Morgan fingerprint density at radius 3 is 2.25 bits per heavy atom. The molecule has 8 heavy (non-hydrogen) atoms. The van der Waals surface area contributed by atoms with E-state index in [0.717, 1.165) is 0 Å². The van der Waals surface area contributed by atoms with Crippen molar-refractivity contribution in [2.24, 2.45) is 0 Å². The van der Waals surface area contributed by atoms with Crippen molar-refractivity contribution in [1.82, 2.24) is 0 Å². The van der Waals surface area contributed by atoms with Gasteiger partial charge in [0, 0.05) is 0 Å². The molecular weight excluding hydrogens is 108 g/mol. The lowest BCUT2D eigenvalue weighted by molar-refractivity contribution is -0.0569. The van der Waals surface area contributed by atoms with Gasteiger partial charge in [0.25, 0.3) is 0 Å². The fraction of sp³-hybridized carbons (Fsp3) is 1.00. The predicted molar refractivity (Wildman–Crippen MR) is 25.4 cm³/mol. The summed E-state index contributed by atoms with van der Waals surface area (Å²) in [5.74, 6) is 0. The van der Waals surface area contributed by atoms with Crippen molar-refractivity contribution in [3.63, 3.8) is 0 Å². The van der Waals surface area contributed by atoms with Crippen LogP contribution in [0.4, 0.5) is 0 Å². The van der Waals surface area contributed by atoms with Gasteiger partial charge in [-0.2, -0.15) is 0 Å². The summed E-state index contributed by atoms with van der Waals surface area (Å²) in [5, 5.41) is 0. The monoisotopic (exact) mass is 116 g/mol. The van der Waals surface area contributed by atoms with E-state index in [-0.39, 0.29) is 0 Å². The summed E-state index contributed by atoms with van der Waals surface area (Å²) in [5.41, 5.74) is 0. The van der Waals surface area contributed by atoms with Crippen LogP contribution in [0.5, 0.6) is 0 Å². The molecule has 2 heterocycles. The average Bonchev–Trinajstić information content (AvgIpc) is 2.36. The zero-order valence-electron chi connectivity index (χ0n) is 4.50. The lowest BCUT2D eigenvalue weighted by atomic mass is 10.3. The number of hydrogen-bond acceptors (Lipinski definition) is 3. The largest absolute Gasteiger partial charge is 0.365 e. The van der Waals surface area contributed by atoms with Gasteiger partial charge in [0.1, 0.15) is 19.0 Å². The van der Waals surface area contributed by atoms with Crippen molar-refractivity contribution in [2.45, 2.75) is 12.2 Å². The Bertz CT molecular complexity index is 83.7. The first-order valence-electron chi connectivity index (χ1n) is 2.78. The molecule has 0 bridgehead atoms. The van der Waals surface area contributed by atoms with E-state index >= 15 is 0 Å². The highest BCUT2D eigenvalue weighted by molar-refractivity contribution is 4.84. The molecule has 3 heteroatoms. The third kappa shape index (κ3) is 0.727. The van der Waals surface area contributed by atoms with E-state index in [1.54, 1.807) is 0 Å². The normalized spacial score (nSPS) is 45.0. The molecule has 0 aliphatic carbocycles. The molecular formula is C5H8O3. The van der Waals surface area contributed by atoms with Crippen LogP contribution in [0, 0.1) is 0 Å². The summed E-state index contributed by atoms with van der Waals surface area (Å²) in [6.07, 6.45) is 0.690. The number of ether oxygens (including phenoxy) is 3. The first-order valence-corrected chi connectivity index (χ1v) is 2.78. The Morgan fingerprint density at radius 1 is 1.00 bits per heavy atom. The lowest BCUT2D eigenvalue weighted by Gasteiger charge is -1.97. The minimum atomic E-state index is 0.345. The lowest BCUT2D eigenvalue weighted by Crippen LogP contribution is -2.00. The summed E-state index contributed by atoms with van der Waals surface area (Å²) in [7, 11) is 0. The van der Waals surface area contributed by atoms with Crippen LogP contribution < -0.4 is 0 Å². The van der Waals surface area contributed by atoms with Gasteiger partial charge in [-0.15, -0.1) is 0 Å². The third-order valence-electron chi connectivity index (χ3n) is 1.42. The van der Waals surface area contributed by atoms with Gasteiger partial charge in [0.15, 0.2) is 0 Å². The molecule has 0 radical (unpaired) electrons. The van der Waals surface area contributed by atoms with Gasteiger partial charge in [-0.05, 0) is 0 Å². The fourth-order valence-corrected chi connectivity index (χ4v) is 0.860. The first-order chi connectivity index (χ1) is 3.97. The van der Waals surface area contributed by atoms with Crippen LogP contribution in [0.25, 0.3) is 0 Å². The Balaban J connectivity index is 1.89. The highest BCUT2D eigenvalue weighted by Gasteiger charge is 2.40. The van der Waals surface area contributed by atoms with Crippen molar-refractivity contribution in [1.29, 1.82) is 0 Å². The van der Waals surface area contributed by atoms with Crippen LogP contribution in [0.3, 0.4) is 0 Å². The van der Waals surface area contributed by atoms with Gasteiger partial charge >= 0.3 is 0 Å². The molecule has 2 aliphatic heterocycles. The van der Waals surface area contributed by atoms with Crippen LogP contribution in [0.1, 0.15) is 0 Å². The minimum absolute atomic E-state index is 0.345. The highest BCUT2D eigenvalue weighted by Crippen LogP contribution is 2.24. The van der Waals surface area contributed by atoms with Gasteiger partial charge in [-0.3, -0.25) is 0 Å².